The average Bonchev–Trinajstić information content (AvgIpc) is 2.85. The minimum absolute atomic E-state index is 0.124. The Labute approximate surface area is 223 Å². The van der Waals surface area contributed by atoms with E-state index in [4.69, 9.17) is 9.47 Å². The predicted octanol–water partition coefficient (Wildman–Crippen LogP) is 5.19. The highest BCUT2D eigenvalue weighted by molar-refractivity contribution is 7.92. The summed E-state index contributed by atoms with van der Waals surface area (Å²) in [6, 6.07) is 18.8. The van der Waals surface area contributed by atoms with Gasteiger partial charge in [0.05, 0.1) is 23.3 Å². The molecule has 0 spiro atoms. The summed E-state index contributed by atoms with van der Waals surface area (Å²) in [5.74, 6) is -0.470. The second-order valence-electron chi connectivity index (χ2n) is 9.59. The van der Waals surface area contributed by atoms with E-state index in [0.717, 1.165) is 0 Å². The molecule has 0 aliphatic rings. The zero-order valence-electron chi connectivity index (χ0n) is 22.1. The van der Waals surface area contributed by atoms with Crippen LogP contribution in [0.5, 0.6) is 0 Å². The van der Waals surface area contributed by atoms with Crippen LogP contribution in [0.3, 0.4) is 0 Å². The molecule has 3 aromatic rings. The van der Waals surface area contributed by atoms with Gasteiger partial charge < -0.3 is 20.1 Å². The lowest BCUT2D eigenvalue weighted by atomic mass is 10.0. The molecule has 202 valence electrons. The van der Waals surface area contributed by atoms with Crippen molar-refractivity contribution in [1.29, 1.82) is 0 Å². The van der Waals surface area contributed by atoms with Gasteiger partial charge in [-0.2, -0.15) is 0 Å². The van der Waals surface area contributed by atoms with Crippen molar-refractivity contribution in [3.63, 3.8) is 0 Å². The maximum atomic E-state index is 13.3. The first kappa shape index (κ1) is 28.5. The number of hydrogen-bond acceptors (Lipinski definition) is 7. The number of esters is 1. The summed E-state index contributed by atoms with van der Waals surface area (Å²) in [5.41, 5.74) is 2.78. The average molecular weight is 540 g/mol. The zero-order valence-corrected chi connectivity index (χ0v) is 22.9. The van der Waals surface area contributed by atoms with Crippen molar-refractivity contribution in [3.8, 4) is 11.1 Å². The first-order valence-corrected chi connectivity index (χ1v) is 13.5. The number of aryl methyl sites for hydroxylation is 1. The Morgan fingerprint density at radius 2 is 1.55 bits per heavy atom. The minimum atomic E-state index is -3.92. The molecule has 0 aliphatic carbocycles. The number of alkyl carbamates (subject to hydrolysis) is 1. The Hall–Kier alpha value is -4.05. The van der Waals surface area contributed by atoms with Gasteiger partial charge in [-0.05, 0) is 80.8 Å². The zero-order chi connectivity index (χ0) is 27.9. The predicted molar refractivity (Wildman–Crippen MR) is 148 cm³/mol. The van der Waals surface area contributed by atoms with Crippen LogP contribution in [0.15, 0.2) is 71.6 Å². The molecule has 3 N–H and O–H groups in total. The summed E-state index contributed by atoms with van der Waals surface area (Å²) < 4.78 is 39.3. The van der Waals surface area contributed by atoms with Gasteiger partial charge in [0.25, 0.3) is 10.0 Å². The van der Waals surface area contributed by atoms with Crippen molar-refractivity contribution < 1.29 is 27.5 Å². The van der Waals surface area contributed by atoms with Gasteiger partial charge >= 0.3 is 12.1 Å². The Bertz CT molecular complexity index is 1410. The molecular weight excluding hydrogens is 506 g/mol. The number of carbonyl (C=O) groups is 2. The Kier molecular flexibility index (Phi) is 9.00. The van der Waals surface area contributed by atoms with Gasteiger partial charge in [0.15, 0.2) is 0 Å². The summed E-state index contributed by atoms with van der Waals surface area (Å²) in [6.45, 7) is 7.83. The summed E-state index contributed by atoms with van der Waals surface area (Å²) in [4.78, 5) is 23.8. The molecule has 0 atom stereocenters. The van der Waals surface area contributed by atoms with Crippen molar-refractivity contribution in [2.24, 2.45) is 0 Å². The van der Waals surface area contributed by atoms with Crippen molar-refractivity contribution in [2.75, 3.05) is 30.2 Å². The summed E-state index contributed by atoms with van der Waals surface area (Å²) in [6.07, 6.45) is -0.504. The highest BCUT2D eigenvalue weighted by atomic mass is 32.2. The van der Waals surface area contributed by atoms with Gasteiger partial charge in [-0.15, -0.1) is 0 Å². The number of methoxy groups -OCH3 is 1. The SMILES string of the molecule is COC(=O)c1cccc(-c2ccc(C)c(S(=O)(=O)Nc3cccc(NCCNC(=O)OC(C)(C)C)c3)c2)c1. The number of anilines is 2. The fourth-order valence-electron chi connectivity index (χ4n) is 3.60. The van der Waals surface area contributed by atoms with Crippen LogP contribution < -0.4 is 15.4 Å². The number of carbonyl (C=O) groups excluding carboxylic acids is 2. The van der Waals surface area contributed by atoms with E-state index < -0.39 is 27.7 Å². The highest BCUT2D eigenvalue weighted by Crippen LogP contribution is 2.28. The molecule has 0 radical (unpaired) electrons. The number of benzene rings is 3. The molecule has 3 rings (SSSR count). The van der Waals surface area contributed by atoms with E-state index in [9.17, 15) is 18.0 Å². The molecule has 0 bridgehead atoms. The van der Waals surface area contributed by atoms with Crippen molar-refractivity contribution >= 4 is 33.5 Å². The monoisotopic (exact) mass is 539 g/mol. The molecule has 3 aromatic carbocycles. The highest BCUT2D eigenvalue weighted by Gasteiger charge is 2.19. The van der Waals surface area contributed by atoms with Crippen LogP contribution in [0.1, 0.15) is 36.7 Å². The van der Waals surface area contributed by atoms with E-state index >= 15 is 0 Å². The minimum Gasteiger partial charge on any atom is -0.465 e. The van der Waals surface area contributed by atoms with E-state index in [1.54, 1.807) is 94.4 Å². The first-order chi connectivity index (χ1) is 17.9. The van der Waals surface area contributed by atoms with E-state index in [2.05, 4.69) is 15.4 Å². The lowest BCUT2D eigenvalue weighted by molar-refractivity contribution is 0.0528. The summed E-state index contributed by atoms with van der Waals surface area (Å²) >= 11 is 0. The van der Waals surface area contributed by atoms with Crippen LogP contribution >= 0.6 is 0 Å². The largest absolute Gasteiger partial charge is 0.465 e. The quantitative estimate of drug-likeness (QED) is 0.253. The number of nitrogens with one attached hydrogen (secondary N) is 3. The Morgan fingerprint density at radius 1 is 0.868 bits per heavy atom. The maximum absolute atomic E-state index is 13.3. The summed E-state index contributed by atoms with van der Waals surface area (Å²) in [7, 11) is -2.61. The third-order valence-corrected chi connectivity index (χ3v) is 6.86. The van der Waals surface area contributed by atoms with Gasteiger partial charge in [0.2, 0.25) is 0 Å². The Morgan fingerprint density at radius 3 is 2.26 bits per heavy atom. The molecule has 9 nitrogen and oxygen atoms in total. The van der Waals surface area contributed by atoms with Gasteiger partial charge in [-0.25, -0.2) is 18.0 Å². The number of hydrogen-bond donors (Lipinski definition) is 3. The van der Waals surface area contributed by atoms with Crippen molar-refractivity contribution in [3.05, 3.63) is 77.9 Å². The maximum Gasteiger partial charge on any atom is 0.407 e. The molecule has 0 saturated heterocycles. The van der Waals surface area contributed by atoms with Crippen LogP contribution in [0.25, 0.3) is 11.1 Å². The van der Waals surface area contributed by atoms with Crippen LogP contribution in [0, 0.1) is 6.92 Å². The van der Waals surface area contributed by atoms with Gasteiger partial charge in [-0.1, -0.05) is 30.3 Å². The standard InChI is InChI=1S/C28H33N3O6S/c1-19-12-13-21(20-8-6-9-22(16-20)26(32)36-5)17-25(19)38(34,35)31-24-11-7-10-23(18-24)29-14-15-30-27(33)37-28(2,3)4/h6-13,16-18,29,31H,14-15H2,1-5H3,(H,30,33). The molecule has 0 unspecified atom stereocenters. The van der Waals surface area contributed by atoms with E-state index in [1.807, 2.05) is 0 Å². The first-order valence-electron chi connectivity index (χ1n) is 12.0. The van der Waals surface area contributed by atoms with Crippen LogP contribution in [0.4, 0.5) is 16.2 Å². The molecule has 0 heterocycles. The lowest BCUT2D eigenvalue weighted by Crippen LogP contribution is -2.35. The van der Waals surface area contributed by atoms with Crippen LogP contribution in [-0.4, -0.2) is 46.3 Å². The molecule has 1 amide bonds. The molecule has 0 aromatic heterocycles. The smallest absolute Gasteiger partial charge is 0.407 e. The Balaban J connectivity index is 1.71. The summed E-state index contributed by atoms with van der Waals surface area (Å²) in [5, 5.41) is 5.81. The fourth-order valence-corrected chi connectivity index (χ4v) is 4.92. The molecule has 0 fully saturated rings. The number of rotatable bonds is 9. The number of ether oxygens (including phenoxy) is 2. The van der Waals surface area contributed by atoms with Gasteiger partial charge in [-0.3, -0.25) is 4.72 Å². The third kappa shape index (κ3) is 7.97. The number of amides is 1. The van der Waals surface area contributed by atoms with E-state index in [-0.39, 0.29) is 4.90 Å². The second-order valence-corrected chi connectivity index (χ2v) is 11.2. The number of sulfonamides is 1. The normalized spacial score (nSPS) is 11.4. The molecule has 10 heteroatoms. The van der Waals surface area contributed by atoms with Crippen LogP contribution in [0.2, 0.25) is 0 Å². The molecule has 0 saturated carbocycles. The second kappa shape index (κ2) is 12.0. The van der Waals surface area contributed by atoms with E-state index in [1.165, 1.54) is 7.11 Å². The van der Waals surface area contributed by atoms with Crippen molar-refractivity contribution in [1.82, 2.24) is 5.32 Å². The lowest BCUT2D eigenvalue weighted by Gasteiger charge is -2.19. The van der Waals surface area contributed by atoms with E-state index in [0.29, 0.717) is 46.7 Å². The third-order valence-electron chi connectivity index (χ3n) is 5.33. The molecule has 38 heavy (non-hydrogen) atoms. The van der Waals surface area contributed by atoms with Crippen molar-refractivity contribution in [2.45, 2.75) is 38.2 Å². The fraction of sp³-hybridized carbons (Fsp3) is 0.286. The molecular formula is C28H33N3O6S. The topological polar surface area (TPSA) is 123 Å². The molecule has 0 aliphatic heterocycles. The van der Waals surface area contributed by atoms with Gasteiger partial charge in [0.1, 0.15) is 5.60 Å². The van der Waals surface area contributed by atoms with Gasteiger partial charge in [0, 0.05) is 18.8 Å². The van der Waals surface area contributed by atoms with Crippen LogP contribution in [-0.2, 0) is 19.5 Å².